The fourth-order valence-corrected chi connectivity index (χ4v) is 4.42. The minimum absolute atomic E-state index is 0.0457. The van der Waals surface area contributed by atoms with Gasteiger partial charge in [-0.25, -0.2) is 8.42 Å². The lowest BCUT2D eigenvalue weighted by Crippen LogP contribution is -2.50. The first-order valence-electron chi connectivity index (χ1n) is 10.2. The number of rotatable bonds is 7. The predicted molar refractivity (Wildman–Crippen MR) is 119 cm³/mol. The smallest absolute Gasteiger partial charge is 0.191 e. The SMILES string of the molecule is CN=C(NCC1(c2ccc(C(C)(C)C)cc2)CCC1)NC(C)CCS(C)(=O)=O. The van der Waals surface area contributed by atoms with Gasteiger partial charge >= 0.3 is 0 Å². The molecule has 0 spiro atoms. The van der Waals surface area contributed by atoms with Gasteiger partial charge in [-0.3, -0.25) is 4.99 Å². The summed E-state index contributed by atoms with van der Waals surface area (Å²) in [5.41, 5.74) is 3.07. The van der Waals surface area contributed by atoms with Crippen molar-refractivity contribution in [2.75, 3.05) is 25.6 Å². The number of nitrogens with one attached hydrogen (secondary N) is 2. The number of sulfone groups is 1. The molecule has 1 atom stereocenters. The molecule has 158 valence electrons. The van der Waals surface area contributed by atoms with E-state index < -0.39 is 9.84 Å². The van der Waals surface area contributed by atoms with E-state index in [4.69, 9.17) is 0 Å². The van der Waals surface area contributed by atoms with Gasteiger partial charge in [-0.05, 0) is 42.7 Å². The zero-order valence-electron chi connectivity index (χ0n) is 18.3. The van der Waals surface area contributed by atoms with E-state index >= 15 is 0 Å². The van der Waals surface area contributed by atoms with Crippen LogP contribution < -0.4 is 10.6 Å². The van der Waals surface area contributed by atoms with Gasteiger partial charge in [0.1, 0.15) is 9.84 Å². The third-order valence-electron chi connectivity index (χ3n) is 5.80. The highest BCUT2D eigenvalue weighted by molar-refractivity contribution is 7.90. The molecule has 1 aromatic rings. The van der Waals surface area contributed by atoms with Crippen LogP contribution in [-0.2, 0) is 20.7 Å². The Morgan fingerprint density at radius 3 is 2.25 bits per heavy atom. The number of aliphatic imine (C=N–C) groups is 1. The van der Waals surface area contributed by atoms with Crippen molar-refractivity contribution >= 4 is 15.8 Å². The first-order chi connectivity index (χ1) is 13.0. The zero-order chi connectivity index (χ0) is 21.0. The Labute approximate surface area is 171 Å². The largest absolute Gasteiger partial charge is 0.356 e. The summed E-state index contributed by atoms with van der Waals surface area (Å²) in [6.07, 6.45) is 5.45. The van der Waals surface area contributed by atoms with Gasteiger partial charge in [0.2, 0.25) is 0 Å². The van der Waals surface area contributed by atoms with Crippen LogP contribution in [0.5, 0.6) is 0 Å². The predicted octanol–water partition coefficient (Wildman–Crippen LogP) is 3.39. The van der Waals surface area contributed by atoms with Crippen LogP contribution >= 0.6 is 0 Å². The van der Waals surface area contributed by atoms with Crippen LogP contribution in [0.15, 0.2) is 29.3 Å². The van der Waals surface area contributed by atoms with Crippen LogP contribution in [0.1, 0.15) is 64.5 Å². The topological polar surface area (TPSA) is 70.6 Å². The summed E-state index contributed by atoms with van der Waals surface area (Å²) >= 11 is 0. The van der Waals surface area contributed by atoms with Crippen molar-refractivity contribution in [3.05, 3.63) is 35.4 Å². The van der Waals surface area contributed by atoms with E-state index in [1.807, 2.05) is 6.92 Å². The summed E-state index contributed by atoms with van der Waals surface area (Å²) in [5, 5.41) is 6.79. The van der Waals surface area contributed by atoms with Crippen molar-refractivity contribution in [1.82, 2.24) is 10.6 Å². The number of hydrogen-bond acceptors (Lipinski definition) is 3. The van der Waals surface area contributed by atoms with Crippen molar-refractivity contribution < 1.29 is 8.42 Å². The lowest BCUT2D eigenvalue weighted by molar-refractivity contribution is 0.243. The maximum atomic E-state index is 11.4. The van der Waals surface area contributed by atoms with E-state index in [1.54, 1.807) is 7.05 Å². The average Bonchev–Trinajstić information content (AvgIpc) is 2.57. The van der Waals surface area contributed by atoms with E-state index in [0.717, 1.165) is 12.5 Å². The van der Waals surface area contributed by atoms with Gasteiger partial charge in [0.25, 0.3) is 0 Å². The second kappa shape index (κ2) is 8.85. The van der Waals surface area contributed by atoms with Crippen molar-refractivity contribution in [3.8, 4) is 0 Å². The molecule has 2 rings (SSSR count). The normalized spacial score (nSPS) is 18.3. The summed E-state index contributed by atoms with van der Waals surface area (Å²) in [5.74, 6) is 0.918. The highest BCUT2D eigenvalue weighted by atomic mass is 32.2. The molecule has 0 amide bonds. The van der Waals surface area contributed by atoms with E-state index in [9.17, 15) is 8.42 Å². The molecule has 1 aromatic carbocycles. The molecule has 5 nitrogen and oxygen atoms in total. The summed E-state index contributed by atoms with van der Waals surface area (Å²) in [6.45, 7) is 9.54. The molecule has 6 heteroatoms. The van der Waals surface area contributed by atoms with Gasteiger partial charge in [0, 0.05) is 31.3 Å². The summed E-state index contributed by atoms with van der Waals surface area (Å²) in [6, 6.07) is 9.13. The molecule has 0 radical (unpaired) electrons. The Morgan fingerprint density at radius 2 is 1.82 bits per heavy atom. The first kappa shape index (κ1) is 22.7. The number of hydrogen-bond donors (Lipinski definition) is 2. The van der Waals surface area contributed by atoms with Crippen molar-refractivity contribution in [2.45, 2.75) is 70.3 Å². The quantitative estimate of drug-likeness (QED) is 0.537. The summed E-state index contributed by atoms with van der Waals surface area (Å²) in [4.78, 5) is 4.32. The molecule has 1 aliphatic carbocycles. The molecule has 1 saturated carbocycles. The Balaban J connectivity index is 1.98. The second-order valence-electron chi connectivity index (χ2n) is 9.35. The molecule has 1 aliphatic rings. The Bertz CT molecular complexity index is 773. The zero-order valence-corrected chi connectivity index (χ0v) is 19.1. The van der Waals surface area contributed by atoms with Gasteiger partial charge in [0.05, 0.1) is 5.75 Å². The Morgan fingerprint density at radius 1 is 1.21 bits per heavy atom. The van der Waals surface area contributed by atoms with Crippen molar-refractivity contribution in [2.24, 2.45) is 4.99 Å². The van der Waals surface area contributed by atoms with Crippen LogP contribution in [-0.4, -0.2) is 46.0 Å². The number of nitrogens with zero attached hydrogens (tertiary/aromatic N) is 1. The molecule has 0 bridgehead atoms. The van der Waals surface area contributed by atoms with Crippen LogP contribution in [0.3, 0.4) is 0 Å². The van der Waals surface area contributed by atoms with E-state index in [2.05, 4.69) is 60.7 Å². The highest BCUT2D eigenvalue weighted by Crippen LogP contribution is 2.43. The van der Waals surface area contributed by atoms with E-state index in [1.165, 1.54) is 36.6 Å². The molecule has 0 aromatic heterocycles. The molecule has 28 heavy (non-hydrogen) atoms. The van der Waals surface area contributed by atoms with Crippen LogP contribution in [0, 0.1) is 0 Å². The second-order valence-corrected chi connectivity index (χ2v) is 11.6. The highest BCUT2D eigenvalue weighted by Gasteiger charge is 2.38. The molecular formula is C22H37N3O2S. The fraction of sp³-hybridized carbons (Fsp3) is 0.682. The standard InChI is InChI=1S/C22H37N3O2S/c1-17(12-15-28(6,26)27)25-20(23-5)24-16-22(13-7-14-22)19-10-8-18(9-11-19)21(2,3)4/h8-11,17H,7,12-16H2,1-6H3,(H2,23,24,25). The summed E-state index contributed by atoms with van der Waals surface area (Å²) < 4.78 is 22.7. The molecular weight excluding hydrogens is 370 g/mol. The molecule has 0 saturated heterocycles. The third kappa shape index (κ3) is 6.23. The Hall–Kier alpha value is -1.56. The van der Waals surface area contributed by atoms with Crippen molar-refractivity contribution in [1.29, 1.82) is 0 Å². The van der Waals surface area contributed by atoms with Crippen LogP contribution in [0.25, 0.3) is 0 Å². The third-order valence-corrected chi connectivity index (χ3v) is 6.77. The van der Waals surface area contributed by atoms with Gasteiger partial charge in [-0.2, -0.15) is 0 Å². The van der Waals surface area contributed by atoms with Gasteiger partial charge in [-0.1, -0.05) is 51.5 Å². The van der Waals surface area contributed by atoms with E-state index in [0.29, 0.717) is 6.42 Å². The van der Waals surface area contributed by atoms with Crippen molar-refractivity contribution in [3.63, 3.8) is 0 Å². The molecule has 2 N–H and O–H groups in total. The lowest BCUT2D eigenvalue weighted by atomic mass is 9.64. The Kier molecular flexibility index (Phi) is 7.18. The van der Waals surface area contributed by atoms with Crippen LogP contribution in [0.2, 0.25) is 0 Å². The first-order valence-corrected chi connectivity index (χ1v) is 12.3. The summed E-state index contributed by atoms with van der Waals surface area (Å²) in [7, 11) is -1.19. The molecule has 0 heterocycles. The lowest BCUT2D eigenvalue weighted by Gasteiger charge is -2.43. The van der Waals surface area contributed by atoms with Gasteiger partial charge in [-0.15, -0.1) is 0 Å². The fourth-order valence-electron chi connectivity index (χ4n) is 3.64. The minimum Gasteiger partial charge on any atom is -0.356 e. The molecule has 0 aliphatic heterocycles. The maximum absolute atomic E-state index is 11.4. The monoisotopic (exact) mass is 407 g/mol. The van der Waals surface area contributed by atoms with E-state index in [-0.39, 0.29) is 22.6 Å². The molecule has 1 fully saturated rings. The number of guanidine groups is 1. The number of benzene rings is 1. The average molecular weight is 408 g/mol. The van der Waals surface area contributed by atoms with Gasteiger partial charge in [0.15, 0.2) is 5.96 Å². The van der Waals surface area contributed by atoms with Gasteiger partial charge < -0.3 is 10.6 Å². The van der Waals surface area contributed by atoms with Crippen LogP contribution in [0.4, 0.5) is 0 Å². The maximum Gasteiger partial charge on any atom is 0.191 e. The molecule has 1 unspecified atom stereocenters. The minimum atomic E-state index is -2.94.